The number of hydrogen-bond donors (Lipinski definition) is 1. The molecule has 4 bridgehead atoms. The molecule has 0 radical (unpaired) electrons. The van der Waals surface area contributed by atoms with Crippen LogP contribution < -0.4 is 5.32 Å². The highest BCUT2D eigenvalue weighted by atomic mass is 32.2. The maximum Gasteiger partial charge on any atom is 0.255 e. The second kappa shape index (κ2) is 10.1. The van der Waals surface area contributed by atoms with Crippen LogP contribution in [0.2, 0.25) is 0 Å². The normalized spacial score (nSPS) is 31.1. The van der Waals surface area contributed by atoms with Crippen molar-refractivity contribution in [2.45, 2.75) is 93.9 Å². The maximum absolute atomic E-state index is 13.1. The number of rotatable bonds is 8. The van der Waals surface area contributed by atoms with Gasteiger partial charge in [0.05, 0.1) is 0 Å². The minimum absolute atomic E-state index is 0.111. The zero-order chi connectivity index (χ0) is 26.6. The molecule has 2 aromatic carbocycles. The Hall–Kier alpha value is -2.60. The lowest BCUT2D eigenvalue weighted by Crippen LogP contribution is -2.52. The van der Waals surface area contributed by atoms with Gasteiger partial charge in [0.25, 0.3) is 5.91 Å². The molecule has 39 heavy (non-hydrogen) atoms. The quantitative estimate of drug-likeness (QED) is 0.315. The summed E-state index contributed by atoms with van der Waals surface area (Å²) in [5, 5.41) is 2.38. The highest BCUT2D eigenvalue weighted by Crippen LogP contribution is 2.61. The summed E-state index contributed by atoms with van der Waals surface area (Å²) in [5.41, 5.74) is 5.09. The molecule has 4 saturated carbocycles. The van der Waals surface area contributed by atoms with E-state index in [-0.39, 0.29) is 24.1 Å². The van der Waals surface area contributed by atoms with Gasteiger partial charge in [-0.1, -0.05) is 30.3 Å². The number of nitrogens with one attached hydrogen (secondary N) is 1. The molecule has 1 saturated heterocycles. The highest BCUT2D eigenvalue weighted by Gasteiger charge is 2.50. The van der Waals surface area contributed by atoms with Gasteiger partial charge in [-0.25, -0.2) is 0 Å². The van der Waals surface area contributed by atoms with Gasteiger partial charge < -0.3 is 4.90 Å². The number of nitrogens with zero attached hydrogens (tertiary/aromatic N) is 1. The van der Waals surface area contributed by atoms with Crippen molar-refractivity contribution in [3.05, 3.63) is 64.7 Å². The van der Waals surface area contributed by atoms with Gasteiger partial charge in [-0.3, -0.25) is 19.7 Å². The maximum atomic E-state index is 13.1. The summed E-state index contributed by atoms with van der Waals surface area (Å²) in [7, 11) is 0. The Balaban J connectivity index is 0.939. The first-order valence-electron chi connectivity index (χ1n) is 14.9. The van der Waals surface area contributed by atoms with Crippen LogP contribution in [0.4, 0.5) is 0 Å². The van der Waals surface area contributed by atoms with E-state index in [0.717, 1.165) is 34.0 Å². The van der Waals surface area contributed by atoms with Crippen molar-refractivity contribution >= 4 is 29.5 Å². The van der Waals surface area contributed by atoms with E-state index in [1.165, 1.54) is 68.9 Å². The molecule has 5 fully saturated rings. The van der Waals surface area contributed by atoms with Gasteiger partial charge >= 0.3 is 0 Å². The van der Waals surface area contributed by atoms with Crippen molar-refractivity contribution in [3.63, 3.8) is 0 Å². The molecule has 2 heterocycles. The Morgan fingerprint density at radius 1 is 0.897 bits per heavy atom. The van der Waals surface area contributed by atoms with Gasteiger partial charge in [-0.15, -0.1) is 11.8 Å². The predicted octanol–water partition coefficient (Wildman–Crippen LogP) is 6.28. The second-order valence-corrected chi connectivity index (χ2v) is 14.1. The van der Waals surface area contributed by atoms with E-state index < -0.39 is 6.04 Å². The number of hydrogen-bond acceptors (Lipinski definition) is 4. The van der Waals surface area contributed by atoms with Crippen LogP contribution in [-0.2, 0) is 28.3 Å². The number of aryl methyl sites for hydroxylation is 1. The Bertz CT molecular complexity index is 1270. The molecule has 2 aromatic rings. The fourth-order valence-corrected chi connectivity index (χ4v) is 9.96. The summed E-state index contributed by atoms with van der Waals surface area (Å²) in [6.45, 7) is 0.423. The zero-order valence-electron chi connectivity index (χ0n) is 22.6. The molecule has 8 rings (SSSR count). The first-order valence-corrected chi connectivity index (χ1v) is 15.9. The van der Waals surface area contributed by atoms with Crippen molar-refractivity contribution in [2.24, 2.45) is 23.2 Å². The predicted molar refractivity (Wildman–Crippen MR) is 152 cm³/mol. The lowest BCUT2D eigenvalue weighted by Gasteiger charge is -2.57. The fourth-order valence-electron chi connectivity index (χ4n) is 8.92. The summed E-state index contributed by atoms with van der Waals surface area (Å²) in [4.78, 5) is 39.8. The van der Waals surface area contributed by atoms with Gasteiger partial charge in [-0.2, -0.15) is 0 Å². The first-order chi connectivity index (χ1) is 18.9. The number of thioether (sulfide) groups is 1. The molecule has 1 N–H and O–H groups in total. The minimum Gasteiger partial charge on any atom is -0.322 e. The molecule has 204 valence electrons. The number of carbonyl (C=O) groups excluding carboxylic acids is 3. The van der Waals surface area contributed by atoms with Crippen LogP contribution in [0.1, 0.15) is 91.3 Å². The molecule has 0 spiro atoms. The van der Waals surface area contributed by atoms with Gasteiger partial charge in [0, 0.05) is 29.2 Å². The molecule has 2 aliphatic heterocycles. The summed E-state index contributed by atoms with van der Waals surface area (Å²) >= 11 is 1.75. The van der Waals surface area contributed by atoms with Gasteiger partial charge in [0.15, 0.2) is 0 Å². The molecule has 4 aliphatic carbocycles. The third-order valence-electron chi connectivity index (χ3n) is 10.3. The van der Waals surface area contributed by atoms with Crippen molar-refractivity contribution in [2.75, 3.05) is 0 Å². The number of fused-ring (bicyclic) bond motifs is 1. The van der Waals surface area contributed by atoms with E-state index in [1.807, 2.05) is 12.1 Å². The SMILES string of the molecule is O=C1CCC(N2Cc3c(SCc4ccc(CCCC56CC7CC(CC(C7)C5)C6)cc4)cccc3C2=O)C(=O)N1. The number of benzene rings is 2. The standard InChI is InChI=1S/C33H38N2O3S/c36-30-11-10-28(31(37)34-30)35-19-27-26(32(35)38)4-1-5-29(27)39-20-22-8-6-21(7-9-22)3-2-12-33-16-23-13-24(17-33)15-25(14-23)18-33/h1,4-9,23-25,28H,2-3,10-20H2,(H,34,36,37). The molecular formula is C33H38N2O3S. The van der Waals surface area contributed by atoms with Crippen molar-refractivity contribution < 1.29 is 14.4 Å². The van der Waals surface area contributed by atoms with Crippen molar-refractivity contribution in [1.29, 1.82) is 0 Å². The van der Waals surface area contributed by atoms with Gasteiger partial charge in [-0.05, 0) is 116 Å². The lowest BCUT2D eigenvalue weighted by atomic mass is 9.48. The average molecular weight is 543 g/mol. The average Bonchev–Trinajstić information content (AvgIpc) is 3.24. The van der Waals surface area contributed by atoms with E-state index in [1.54, 1.807) is 16.7 Å². The molecule has 1 unspecified atom stereocenters. The Morgan fingerprint density at radius 2 is 1.59 bits per heavy atom. The first kappa shape index (κ1) is 25.4. The molecule has 5 nitrogen and oxygen atoms in total. The van der Waals surface area contributed by atoms with Crippen molar-refractivity contribution in [1.82, 2.24) is 10.2 Å². The molecular weight excluding hydrogens is 504 g/mol. The topological polar surface area (TPSA) is 66.5 Å². The fraction of sp³-hybridized carbons (Fsp3) is 0.545. The van der Waals surface area contributed by atoms with Crippen LogP contribution in [0.3, 0.4) is 0 Å². The minimum atomic E-state index is -0.573. The van der Waals surface area contributed by atoms with Crippen molar-refractivity contribution in [3.8, 4) is 0 Å². The monoisotopic (exact) mass is 542 g/mol. The summed E-state index contributed by atoms with van der Waals surface area (Å²) < 4.78 is 0. The lowest BCUT2D eigenvalue weighted by molar-refractivity contribution is -0.136. The Labute approximate surface area is 235 Å². The Morgan fingerprint density at radius 3 is 2.28 bits per heavy atom. The molecule has 0 aromatic heterocycles. The number of piperidine rings is 1. The molecule has 6 aliphatic rings. The van der Waals surface area contributed by atoms with Crippen LogP contribution in [0, 0.1) is 23.2 Å². The van der Waals surface area contributed by atoms with E-state index in [2.05, 4.69) is 35.6 Å². The number of imide groups is 1. The van der Waals surface area contributed by atoms with E-state index >= 15 is 0 Å². The molecule has 3 amide bonds. The molecule has 6 heteroatoms. The van der Waals surface area contributed by atoms with Crippen LogP contribution in [0.5, 0.6) is 0 Å². The highest BCUT2D eigenvalue weighted by molar-refractivity contribution is 7.98. The summed E-state index contributed by atoms with van der Waals surface area (Å²) in [6, 6.07) is 14.4. The molecule has 1 atom stereocenters. The summed E-state index contributed by atoms with van der Waals surface area (Å²) in [5.74, 6) is 3.23. The van der Waals surface area contributed by atoms with Gasteiger partial charge in [0.1, 0.15) is 6.04 Å². The summed E-state index contributed by atoms with van der Waals surface area (Å²) in [6.07, 6.45) is 13.7. The largest absolute Gasteiger partial charge is 0.322 e. The number of carbonyl (C=O) groups is 3. The second-order valence-electron chi connectivity index (χ2n) is 13.1. The van der Waals surface area contributed by atoms with E-state index in [0.29, 0.717) is 23.9 Å². The zero-order valence-corrected chi connectivity index (χ0v) is 23.4. The third kappa shape index (κ3) is 4.94. The van der Waals surface area contributed by atoms with Crippen LogP contribution >= 0.6 is 11.8 Å². The number of amides is 3. The van der Waals surface area contributed by atoms with Crippen LogP contribution in [0.25, 0.3) is 0 Å². The smallest absolute Gasteiger partial charge is 0.255 e. The van der Waals surface area contributed by atoms with E-state index in [9.17, 15) is 14.4 Å². The van der Waals surface area contributed by atoms with Crippen LogP contribution in [0.15, 0.2) is 47.4 Å². The Kier molecular flexibility index (Phi) is 6.57. The van der Waals surface area contributed by atoms with E-state index in [4.69, 9.17) is 0 Å². The van der Waals surface area contributed by atoms with Crippen LogP contribution in [-0.4, -0.2) is 28.7 Å². The third-order valence-corrected chi connectivity index (χ3v) is 11.5. The van der Waals surface area contributed by atoms with Gasteiger partial charge in [0.2, 0.25) is 11.8 Å².